The number of aliphatic hydroxyl groups excluding tert-OH is 1. The third-order valence-corrected chi connectivity index (χ3v) is 8.20. The summed E-state index contributed by atoms with van der Waals surface area (Å²) < 4.78 is 43.5. The van der Waals surface area contributed by atoms with Crippen LogP contribution in [0.2, 0.25) is 0 Å². The summed E-state index contributed by atoms with van der Waals surface area (Å²) in [6, 6.07) is 14.4. The number of hydrogen-bond donors (Lipinski definition) is 2. The van der Waals surface area contributed by atoms with Crippen LogP contribution in [0.5, 0.6) is 5.75 Å². The lowest BCUT2D eigenvalue weighted by molar-refractivity contribution is -0.142. The van der Waals surface area contributed by atoms with Crippen LogP contribution in [0.25, 0.3) is 0 Å². The minimum atomic E-state index is -3.97. The number of carbonyl (C=O) groups excluding carboxylic acids is 2. The van der Waals surface area contributed by atoms with E-state index < -0.39 is 40.3 Å². The van der Waals surface area contributed by atoms with Crippen molar-refractivity contribution in [1.82, 2.24) is 9.62 Å². The van der Waals surface area contributed by atoms with Gasteiger partial charge >= 0.3 is 12.1 Å². The number of nitrogens with one attached hydrogen (secondary N) is 1. The summed E-state index contributed by atoms with van der Waals surface area (Å²) in [6.45, 7) is 5.37. The maximum absolute atomic E-state index is 13.6. The average molecular weight is 565 g/mol. The Morgan fingerprint density at radius 2 is 1.64 bits per heavy atom. The fourth-order valence-corrected chi connectivity index (χ4v) is 5.44. The van der Waals surface area contributed by atoms with Gasteiger partial charge in [-0.25, -0.2) is 13.2 Å². The molecule has 0 unspecified atom stereocenters. The van der Waals surface area contributed by atoms with Crippen LogP contribution < -0.4 is 10.1 Å². The van der Waals surface area contributed by atoms with Crippen molar-refractivity contribution in [2.24, 2.45) is 5.92 Å². The number of amides is 1. The average Bonchev–Trinajstić information content (AvgIpc) is 2.92. The zero-order valence-electron chi connectivity index (χ0n) is 23.2. The first-order valence-corrected chi connectivity index (χ1v) is 14.3. The fourth-order valence-electron chi connectivity index (χ4n) is 3.86. The normalized spacial score (nSPS) is 14.6. The zero-order chi connectivity index (χ0) is 29.0. The van der Waals surface area contributed by atoms with Gasteiger partial charge < -0.3 is 24.6 Å². The fraction of sp³-hybridized carbons (Fsp3) is 0.500. The van der Waals surface area contributed by atoms with E-state index in [2.05, 4.69) is 10.1 Å². The van der Waals surface area contributed by atoms with E-state index in [1.54, 1.807) is 19.1 Å². The van der Waals surface area contributed by atoms with E-state index in [4.69, 9.17) is 9.47 Å². The first-order chi connectivity index (χ1) is 18.5. The Morgan fingerprint density at radius 3 is 2.21 bits per heavy atom. The molecule has 2 rings (SSSR count). The summed E-state index contributed by atoms with van der Waals surface area (Å²) in [7, 11) is -1.24. The van der Waals surface area contributed by atoms with Gasteiger partial charge in [-0.05, 0) is 49.1 Å². The molecule has 0 spiro atoms. The van der Waals surface area contributed by atoms with E-state index in [0.29, 0.717) is 5.75 Å². The summed E-state index contributed by atoms with van der Waals surface area (Å²) in [4.78, 5) is 24.3. The summed E-state index contributed by atoms with van der Waals surface area (Å²) in [5, 5.41) is 14.0. The first kappa shape index (κ1) is 32.1. The van der Waals surface area contributed by atoms with Crippen LogP contribution in [-0.2, 0) is 30.7 Å². The predicted octanol–water partition coefficient (Wildman–Crippen LogP) is 3.38. The van der Waals surface area contributed by atoms with E-state index in [1.165, 1.54) is 30.7 Å². The van der Waals surface area contributed by atoms with Crippen LogP contribution in [0.15, 0.2) is 59.5 Å². The second-order valence-electron chi connectivity index (χ2n) is 9.52. The molecule has 0 aliphatic rings. The SMILES string of the molecule is CC[C@@H](C)CN(C[C@@H](O)[C@H](Cc1ccccc1)NC(=O)O[C@@H](C)CC(=O)OC)S(=O)(=O)c1ccc(OC)cc1. The molecule has 10 nitrogen and oxygen atoms in total. The minimum absolute atomic E-state index is 0.0230. The standard InChI is InChI=1S/C28H40N2O8S/c1-6-20(2)18-30(39(34,35)24-14-12-23(36-4)13-15-24)19-26(31)25(17-22-10-8-7-9-11-22)29-28(33)38-21(3)16-27(32)37-5/h7-15,20-21,25-26,31H,6,16-19H2,1-5H3,(H,29,33)/t20-,21+,25+,26-/m1/s1. The van der Waals surface area contributed by atoms with Crippen LogP contribution in [0.3, 0.4) is 0 Å². The summed E-state index contributed by atoms with van der Waals surface area (Å²) >= 11 is 0. The van der Waals surface area contributed by atoms with Gasteiger partial charge in [-0.15, -0.1) is 0 Å². The molecule has 0 aromatic heterocycles. The Labute approximate surface area is 231 Å². The van der Waals surface area contributed by atoms with Crippen LogP contribution in [0.1, 0.15) is 39.2 Å². The van der Waals surface area contributed by atoms with Crippen molar-refractivity contribution in [3.63, 3.8) is 0 Å². The van der Waals surface area contributed by atoms with Gasteiger partial charge in [0.15, 0.2) is 0 Å². The molecular weight excluding hydrogens is 524 g/mol. The molecule has 4 atom stereocenters. The quantitative estimate of drug-likeness (QED) is 0.315. The molecule has 0 saturated carbocycles. The van der Waals surface area contributed by atoms with Gasteiger partial charge in [-0.3, -0.25) is 4.79 Å². The van der Waals surface area contributed by atoms with Crippen molar-refractivity contribution in [3.8, 4) is 5.75 Å². The number of esters is 1. The van der Waals surface area contributed by atoms with Gasteiger partial charge in [-0.1, -0.05) is 50.6 Å². The summed E-state index contributed by atoms with van der Waals surface area (Å²) in [5.74, 6) is 0.0185. The molecule has 0 radical (unpaired) electrons. The number of carbonyl (C=O) groups is 2. The Kier molecular flexibility index (Phi) is 12.7. The molecule has 2 N–H and O–H groups in total. The second kappa shape index (κ2) is 15.4. The van der Waals surface area contributed by atoms with Crippen LogP contribution in [0, 0.1) is 5.92 Å². The van der Waals surface area contributed by atoms with Gasteiger partial charge in [0.1, 0.15) is 11.9 Å². The van der Waals surface area contributed by atoms with E-state index in [0.717, 1.165) is 12.0 Å². The maximum Gasteiger partial charge on any atom is 0.407 e. The lowest BCUT2D eigenvalue weighted by Crippen LogP contribution is -2.51. The zero-order valence-corrected chi connectivity index (χ0v) is 24.0. The van der Waals surface area contributed by atoms with Crippen molar-refractivity contribution < 1.29 is 37.3 Å². The van der Waals surface area contributed by atoms with Crippen molar-refractivity contribution in [2.45, 2.75) is 63.2 Å². The van der Waals surface area contributed by atoms with Crippen LogP contribution in [0.4, 0.5) is 4.79 Å². The molecule has 1 amide bonds. The lowest BCUT2D eigenvalue weighted by atomic mass is 10.0. The van der Waals surface area contributed by atoms with Crippen molar-refractivity contribution >= 4 is 22.1 Å². The smallest absolute Gasteiger partial charge is 0.407 e. The molecule has 11 heteroatoms. The van der Waals surface area contributed by atoms with Gasteiger partial charge in [0.25, 0.3) is 0 Å². The molecule has 0 fully saturated rings. The molecule has 0 saturated heterocycles. The largest absolute Gasteiger partial charge is 0.497 e. The number of nitrogens with zero attached hydrogens (tertiary/aromatic N) is 1. The number of alkyl carbamates (subject to hydrolysis) is 1. The van der Waals surface area contributed by atoms with Crippen molar-refractivity contribution in [2.75, 3.05) is 27.3 Å². The van der Waals surface area contributed by atoms with Crippen LogP contribution >= 0.6 is 0 Å². The molecule has 39 heavy (non-hydrogen) atoms. The van der Waals surface area contributed by atoms with Gasteiger partial charge in [-0.2, -0.15) is 4.31 Å². The predicted molar refractivity (Wildman–Crippen MR) is 147 cm³/mol. The molecule has 2 aromatic rings. The topological polar surface area (TPSA) is 131 Å². The number of methoxy groups -OCH3 is 2. The molecule has 0 aliphatic heterocycles. The Hall–Kier alpha value is -3.15. The van der Waals surface area contributed by atoms with Gasteiger partial charge in [0.2, 0.25) is 10.0 Å². The number of hydrogen-bond acceptors (Lipinski definition) is 8. The molecule has 2 aromatic carbocycles. The highest BCUT2D eigenvalue weighted by Gasteiger charge is 2.32. The number of ether oxygens (including phenoxy) is 3. The second-order valence-corrected chi connectivity index (χ2v) is 11.5. The third-order valence-electron chi connectivity index (χ3n) is 6.36. The van der Waals surface area contributed by atoms with Gasteiger partial charge in [0, 0.05) is 13.1 Å². The highest BCUT2D eigenvalue weighted by molar-refractivity contribution is 7.89. The Morgan fingerprint density at radius 1 is 1.00 bits per heavy atom. The Bertz CT molecular complexity index is 1140. The Balaban J connectivity index is 2.29. The van der Waals surface area contributed by atoms with Crippen molar-refractivity contribution in [1.29, 1.82) is 0 Å². The van der Waals surface area contributed by atoms with Crippen LogP contribution in [-0.4, -0.2) is 75.5 Å². The molecule has 216 valence electrons. The highest BCUT2D eigenvalue weighted by atomic mass is 32.2. The van der Waals surface area contributed by atoms with Gasteiger partial charge in [0.05, 0.1) is 37.7 Å². The monoisotopic (exact) mass is 564 g/mol. The molecular formula is C28H40N2O8S. The summed E-state index contributed by atoms with van der Waals surface area (Å²) in [5.41, 5.74) is 0.830. The molecule has 0 bridgehead atoms. The number of rotatable bonds is 15. The third kappa shape index (κ3) is 10.2. The number of sulfonamides is 1. The lowest BCUT2D eigenvalue weighted by Gasteiger charge is -2.31. The maximum atomic E-state index is 13.6. The number of benzene rings is 2. The van der Waals surface area contributed by atoms with E-state index in [-0.39, 0.29) is 36.7 Å². The minimum Gasteiger partial charge on any atom is -0.497 e. The van der Waals surface area contributed by atoms with E-state index in [1.807, 2.05) is 44.2 Å². The van der Waals surface area contributed by atoms with E-state index in [9.17, 15) is 23.1 Å². The first-order valence-electron chi connectivity index (χ1n) is 12.9. The number of aliphatic hydroxyl groups is 1. The summed E-state index contributed by atoms with van der Waals surface area (Å²) in [6.07, 6.45) is -2.03. The highest BCUT2D eigenvalue weighted by Crippen LogP contribution is 2.22. The molecule has 0 aliphatic carbocycles. The van der Waals surface area contributed by atoms with E-state index >= 15 is 0 Å². The van der Waals surface area contributed by atoms with Crippen molar-refractivity contribution in [3.05, 3.63) is 60.2 Å². The molecule has 0 heterocycles.